The molecule has 0 aliphatic carbocycles. The van der Waals surface area contributed by atoms with E-state index in [1.807, 2.05) is 0 Å². The van der Waals surface area contributed by atoms with Crippen LogP contribution in [0.4, 0.5) is 0 Å². The van der Waals surface area contributed by atoms with Crippen molar-refractivity contribution < 1.29 is 0 Å². The van der Waals surface area contributed by atoms with E-state index < -0.39 is 0 Å². The van der Waals surface area contributed by atoms with Crippen LogP contribution < -0.4 is 0 Å². The van der Waals surface area contributed by atoms with Crippen LogP contribution >= 0.6 is 0 Å². The first kappa shape index (κ1) is 40.8. The molecule has 0 aliphatic rings. The van der Waals surface area contributed by atoms with E-state index >= 15 is 0 Å². The van der Waals surface area contributed by atoms with Crippen LogP contribution in [0.25, 0.3) is 175 Å². The predicted molar refractivity (Wildman–Crippen MR) is 328 cm³/mol. The number of benzene rings is 12. The van der Waals surface area contributed by atoms with E-state index in [0.717, 1.165) is 38.8 Å². The summed E-state index contributed by atoms with van der Waals surface area (Å²) in [6, 6.07) is 92.3. The molecule has 0 radical (unpaired) electrons. The topological polar surface area (TPSA) is 31.6 Å². The summed E-state index contributed by atoms with van der Waals surface area (Å²) in [6.45, 7) is 0. The summed E-state index contributed by atoms with van der Waals surface area (Å²) in [7, 11) is 0. The first-order valence-electron chi connectivity index (χ1n) is 27.0. The molecule has 0 saturated heterocycles. The molecular weight excluding hydrogens is 947 g/mol. The maximum atomic E-state index is 5.98. The molecule has 0 amide bonds. The molecule has 12 aromatic carbocycles. The van der Waals surface area contributed by atoms with Crippen molar-refractivity contribution in [1.82, 2.24) is 22.9 Å². The van der Waals surface area contributed by atoms with Gasteiger partial charge in [0.05, 0.1) is 55.2 Å². The van der Waals surface area contributed by atoms with E-state index in [4.69, 9.17) is 4.98 Å². The second kappa shape index (κ2) is 14.7. The first-order valence-corrected chi connectivity index (χ1v) is 27.0. The fraction of sp³-hybridized carbons (Fsp3) is 0. The minimum Gasteiger partial charge on any atom is -0.309 e. The lowest BCUT2D eigenvalue weighted by Gasteiger charge is -2.12. The highest BCUT2D eigenvalue weighted by atomic mass is 15.0. The average molecular weight is 988 g/mol. The van der Waals surface area contributed by atoms with Crippen LogP contribution in [-0.2, 0) is 0 Å². The number of nitrogens with zero attached hydrogens (tertiary/aromatic N) is 5. The van der Waals surface area contributed by atoms with Crippen LogP contribution in [0.1, 0.15) is 0 Å². The zero-order valence-electron chi connectivity index (χ0n) is 41.9. The van der Waals surface area contributed by atoms with Crippen LogP contribution in [0.2, 0.25) is 0 Å². The summed E-state index contributed by atoms with van der Waals surface area (Å²) in [4.78, 5) is 5.98. The molecule has 0 unspecified atom stereocenters. The fourth-order valence-electron chi connectivity index (χ4n) is 14.4. The molecule has 19 aromatic rings. The van der Waals surface area contributed by atoms with E-state index in [0.29, 0.717) is 0 Å². The van der Waals surface area contributed by atoms with Crippen molar-refractivity contribution in [3.63, 3.8) is 0 Å². The summed E-state index contributed by atoms with van der Waals surface area (Å²) in [6.07, 6.45) is 0. The van der Waals surface area contributed by atoms with Crippen molar-refractivity contribution in [3.05, 3.63) is 249 Å². The summed E-state index contributed by atoms with van der Waals surface area (Å²) in [5.74, 6) is 0. The lowest BCUT2D eigenvalue weighted by atomic mass is 9.93. The molecule has 5 heteroatoms. The van der Waals surface area contributed by atoms with Gasteiger partial charge in [-0.05, 0) is 112 Å². The number of hydrogen-bond acceptors (Lipinski definition) is 1. The number of fused-ring (bicyclic) bond motifs is 21. The molecule has 0 spiro atoms. The molecule has 0 atom stereocenters. The SMILES string of the molecule is c1ccc(-n2c3ccccc3c3cc(-c4c5ccccc5cc5c6cccc7c8nc9c(cc8n(c45)c67)c4cc5ccccc5c5c6cccc(-c7ccc8c(c7)c7ccccc7n8-c7ccccc7)c6n9c45)ccc32)cc1. The Morgan fingerprint density at radius 2 is 0.795 bits per heavy atom. The molecule has 7 aromatic heterocycles. The van der Waals surface area contributed by atoms with Crippen LogP contribution in [0.15, 0.2) is 249 Å². The van der Waals surface area contributed by atoms with Gasteiger partial charge in [-0.25, -0.2) is 4.98 Å². The Morgan fingerprint density at radius 1 is 0.269 bits per heavy atom. The zero-order valence-corrected chi connectivity index (χ0v) is 41.9. The van der Waals surface area contributed by atoms with Gasteiger partial charge in [0.2, 0.25) is 0 Å². The van der Waals surface area contributed by atoms with Gasteiger partial charge in [0.15, 0.2) is 0 Å². The van der Waals surface area contributed by atoms with E-state index in [9.17, 15) is 0 Å². The standard InChI is InChI=1S/C73H41N5/c1-3-19-46(20-4-1)75-61-31-13-11-25-51(61)56-37-44(33-35-63(56)75)50-27-15-29-54-67-49-24-10-8-18-43(49)39-59-60-41-65-68(74-73(60)78(69(50)54)72(59)67)55-30-16-28-53-58-38-42-17-7-9-23-48(42)66(71(58)77(65)70(53)55)45-34-36-64-57(40-45)52-26-12-14-32-62(52)76(64)47-21-5-2-6-22-47/h1-41H. The van der Waals surface area contributed by atoms with Gasteiger partial charge >= 0.3 is 0 Å². The van der Waals surface area contributed by atoms with Crippen molar-refractivity contribution in [1.29, 1.82) is 0 Å². The number of hydrogen-bond donors (Lipinski definition) is 0. The van der Waals surface area contributed by atoms with Crippen LogP contribution in [0.3, 0.4) is 0 Å². The zero-order chi connectivity index (χ0) is 50.5. The van der Waals surface area contributed by atoms with Gasteiger partial charge in [0.1, 0.15) is 5.65 Å². The highest BCUT2D eigenvalue weighted by Gasteiger charge is 2.28. The van der Waals surface area contributed by atoms with E-state index in [2.05, 4.69) is 267 Å². The van der Waals surface area contributed by atoms with E-state index in [1.165, 1.54) is 136 Å². The quantitative estimate of drug-likeness (QED) is 0.173. The molecule has 78 heavy (non-hydrogen) atoms. The second-order valence-electron chi connectivity index (χ2n) is 21.4. The number of aromatic nitrogens is 5. The highest BCUT2D eigenvalue weighted by molar-refractivity contribution is 6.34. The van der Waals surface area contributed by atoms with Crippen molar-refractivity contribution in [2.75, 3.05) is 0 Å². The minimum absolute atomic E-state index is 0.978. The van der Waals surface area contributed by atoms with Gasteiger partial charge in [0.25, 0.3) is 0 Å². The van der Waals surface area contributed by atoms with Crippen molar-refractivity contribution in [2.45, 2.75) is 0 Å². The van der Waals surface area contributed by atoms with Gasteiger partial charge < -0.3 is 13.5 Å². The predicted octanol–water partition coefficient (Wildman–Crippen LogP) is 19.2. The summed E-state index contributed by atoms with van der Waals surface area (Å²) < 4.78 is 9.89. The third-order valence-corrected chi connectivity index (χ3v) is 17.5. The van der Waals surface area contributed by atoms with Gasteiger partial charge in [-0.2, -0.15) is 0 Å². The van der Waals surface area contributed by atoms with Gasteiger partial charge in [0, 0.05) is 81.8 Å². The second-order valence-corrected chi connectivity index (χ2v) is 21.4. The lowest BCUT2D eigenvalue weighted by Crippen LogP contribution is -1.93. The molecular formula is C73H41N5. The Kier molecular flexibility index (Phi) is 7.68. The summed E-state index contributed by atoms with van der Waals surface area (Å²) in [5, 5.41) is 18.4. The fourth-order valence-corrected chi connectivity index (χ4v) is 14.4. The molecule has 7 heterocycles. The Balaban J connectivity index is 0.926. The van der Waals surface area contributed by atoms with Crippen LogP contribution in [0, 0.1) is 0 Å². The van der Waals surface area contributed by atoms with E-state index in [-0.39, 0.29) is 0 Å². The largest absolute Gasteiger partial charge is 0.309 e. The Labute approximate surface area is 444 Å². The van der Waals surface area contributed by atoms with Crippen LogP contribution in [-0.4, -0.2) is 22.9 Å². The maximum absolute atomic E-state index is 5.98. The normalized spacial score (nSPS) is 12.6. The highest BCUT2D eigenvalue weighted by Crippen LogP contribution is 2.50. The molecule has 0 fully saturated rings. The van der Waals surface area contributed by atoms with Crippen molar-refractivity contribution in [3.8, 4) is 33.6 Å². The Bertz CT molecular complexity index is 5790. The van der Waals surface area contributed by atoms with Gasteiger partial charge in [-0.15, -0.1) is 0 Å². The summed E-state index contributed by atoms with van der Waals surface area (Å²) >= 11 is 0. The number of rotatable bonds is 4. The maximum Gasteiger partial charge on any atom is 0.146 e. The molecule has 0 aliphatic heterocycles. The minimum atomic E-state index is 0.978. The smallest absolute Gasteiger partial charge is 0.146 e. The van der Waals surface area contributed by atoms with Crippen molar-refractivity contribution >= 4 is 142 Å². The molecule has 358 valence electrons. The number of para-hydroxylation sites is 6. The Hall–Kier alpha value is -10.5. The Morgan fingerprint density at radius 3 is 1.50 bits per heavy atom. The van der Waals surface area contributed by atoms with Crippen LogP contribution in [0.5, 0.6) is 0 Å². The monoisotopic (exact) mass is 987 g/mol. The molecule has 0 N–H and O–H groups in total. The average Bonchev–Trinajstić information content (AvgIpc) is 3.78. The first-order chi connectivity index (χ1) is 38.7. The third-order valence-electron chi connectivity index (χ3n) is 17.5. The molecule has 0 saturated carbocycles. The molecule has 0 bridgehead atoms. The van der Waals surface area contributed by atoms with Gasteiger partial charge in [-0.3, -0.25) is 4.40 Å². The van der Waals surface area contributed by atoms with Crippen molar-refractivity contribution in [2.24, 2.45) is 0 Å². The molecule has 19 rings (SSSR count). The molecule has 5 nitrogen and oxygen atoms in total. The third kappa shape index (κ3) is 5.09. The summed E-state index contributed by atoms with van der Waals surface area (Å²) in [5.41, 5.74) is 19.8. The lowest BCUT2D eigenvalue weighted by molar-refractivity contribution is 1.18. The van der Waals surface area contributed by atoms with E-state index in [1.54, 1.807) is 0 Å². The number of pyridine rings is 1. The van der Waals surface area contributed by atoms with Gasteiger partial charge in [-0.1, -0.05) is 170 Å².